The maximum Gasteiger partial charge on any atom is 0.410 e. The summed E-state index contributed by atoms with van der Waals surface area (Å²) in [7, 11) is 0. The van der Waals surface area contributed by atoms with E-state index >= 15 is 0 Å². The molecule has 0 aliphatic carbocycles. The molecular formula is C44H45N5O4. The van der Waals surface area contributed by atoms with Crippen LogP contribution >= 0.6 is 0 Å². The van der Waals surface area contributed by atoms with Crippen molar-refractivity contribution in [3.05, 3.63) is 120 Å². The predicted octanol–water partition coefficient (Wildman–Crippen LogP) is 9.96. The molecule has 1 aromatic heterocycles. The summed E-state index contributed by atoms with van der Waals surface area (Å²) in [5, 5.41) is 2.27. The van der Waals surface area contributed by atoms with Crippen molar-refractivity contribution >= 4 is 34.2 Å². The number of fused-ring (bicyclic) bond motifs is 1. The number of aromatic nitrogens is 2. The van der Waals surface area contributed by atoms with Crippen molar-refractivity contribution in [2.45, 2.75) is 77.2 Å². The molecule has 3 aliphatic rings. The first kappa shape index (κ1) is 34.4. The van der Waals surface area contributed by atoms with Gasteiger partial charge in [-0.25, -0.2) is 14.6 Å². The van der Waals surface area contributed by atoms with Crippen LogP contribution in [0.15, 0.2) is 108 Å². The Balaban J connectivity index is 0.956. The van der Waals surface area contributed by atoms with Gasteiger partial charge in [0.15, 0.2) is 0 Å². The Kier molecular flexibility index (Phi) is 9.33. The number of imidazole rings is 1. The van der Waals surface area contributed by atoms with Crippen molar-refractivity contribution in [2.24, 2.45) is 4.99 Å². The number of likely N-dealkylation sites (tertiary alicyclic amines) is 2. The van der Waals surface area contributed by atoms with Gasteiger partial charge in [0, 0.05) is 37.0 Å². The number of ether oxygens (including phenoxy) is 2. The van der Waals surface area contributed by atoms with Gasteiger partial charge in [0.25, 0.3) is 0 Å². The molecule has 5 aromatic rings. The molecule has 3 aliphatic heterocycles. The number of nitrogens with one attached hydrogen (secondary N) is 1. The van der Waals surface area contributed by atoms with E-state index in [4.69, 9.17) is 19.5 Å². The number of carbonyl (C=O) groups excluding carboxylic acids is 2. The van der Waals surface area contributed by atoms with Gasteiger partial charge in [-0.2, -0.15) is 0 Å². The Morgan fingerprint density at radius 2 is 1.42 bits per heavy atom. The van der Waals surface area contributed by atoms with Crippen LogP contribution in [-0.2, 0) is 16.1 Å². The molecule has 0 bridgehead atoms. The van der Waals surface area contributed by atoms with Crippen molar-refractivity contribution in [2.75, 3.05) is 13.1 Å². The molecule has 4 heterocycles. The van der Waals surface area contributed by atoms with Crippen LogP contribution in [-0.4, -0.2) is 62.4 Å². The average Bonchev–Trinajstić information content (AvgIpc) is 4.00. The van der Waals surface area contributed by atoms with Crippen molar-refractivity contribution in [3.63, 3.8) is 0 Å². The van der Waals surface area contributed by atoms with E-state index in [-0.39, 0.29) is 30.9 Å². The number of rotatable bonds is 7. The summed E-state index contributed by atoms with van der Waals surface area (Å²) >= 11 is 0. The van der Waals surface area contributed by atoms with Gasteiger partial charge in [0.05, 0.1) is 24.0 Å². The molecule has 53 heavy (non-hydrogen) atoms. The van der Waals surface area contributed by atoms with Gasteiger partial charge in [0.2, 0.25) is 0 Å². The zero-order chi connectivity index (χ0) is 36.5. The average molecular weight is 708 g/mol. The van der Waals surface area contributed by atoms with Crippen LogP contribution in [0.4, 0.5) is 9.59 Å². The minimum atomic E-state index is -0.551. The molecule has 0 saturated carbocycles. The van der Waals surface area contributed by atoms with E-state index in [2.05, 4.69) is 65.6 Å². The smallest absolute Gasteiger partial charge is 0.410 e. The van der Waals surface area contributed by atoms with Crippen LogP contribution in [0.3, 0.4) is 0 Å². The molecule has 9 heteroatoms. The number of hydrogen-bond acceptors (Lipinski definition) is 6. The largest absolute Gasteiger partial charge is 0.445 e. The number of carbonyl (C=O) groups is 2. The summed E-state index contributed by atoms with van der Waals surface area (Å²) in [6.07, 6.45) is 7.56. The molecule has 4 aromatic carbocycles. The SMILES string of the molecule is CC(C)(C)OC(=O)N1CCC[C@H]1c1ncc(-c2ccc(-c3ccc(C4=CN=C([C@@H]5CCCN5C(=O)OCc5ccccc5)C4)cc3)c3ccccc23)[nH]1. The minimum absolute atomic E-state index is 0.0378. The normalized spacial score (nSPS) is 18.7. The lowest BCUT2D eigenvalue weighted by Gasteiger charge is -2.27. The highest BCUT2D eigenvalue weighted by Crippen LogP contribution is 2.38. The van der Waals surface area contributed by atoms with E-state index < -0.39 is 5.60 Å². The lowest BCUT2D eigenvalue weighted by Crippen LogP contribution is -2.40. The summed E-state index contributed by atoms with van der Waals surface area (Å²) in [5.74, 6) is 0.782. The summed E-state index contributed by atoms with van der Waals surface area (Å²) in [6, 6.07) is 31.1. The summed E-state index contributed by atoms with van der Waals surface area (Å²) in [5.41, 5.74) is 7.99. The fourth-order valence-corrected chi connectivity index (χ4v) is 7.84. The number of hydrogen-bond donors (Lipinski definition) is 1. The van der Waals surface area contributed by atoms with Gasteiger partial charge in [-0.15, -0.1) is 0 Å². The first-order valence-corrected chi connectivity index (χ1v) is 18.6. The Hall–Kier alpha value is -5.70. The highest BCUT2D eigenvalue weighted by atomic mass is 16.6. The zero-order valence-electron chi connectivity index (χ0n) is 30.5. The van der Waals surface area contributed by atoms with Crippen molar-refractivity contribution in [1.82, 2.24) is 19.8 Å². The highest BCUT2D eigenvalue weighted by molar-refractivity contribution is 6.05. The van der Waals surface area contributed by atoms with E-state index in [1.165, 1.54) is 0 Å². The topological polar surface area (TPSA) is 100 Å². The van der Waals surface area contributed by atoms with Gasteiger partial charge in [-0.1, -0.05) is 91.0 Å². The lowest BCUT2D eigenvalue weighted by atomic mass is 9.92. The number of aromatic amines is 1. The van der Waals surface area contributed by atoms with E-state index in [1.807, 2.05) is 68.4 Å². The van der Waals surface area contributed by atoms with Gasteiger partial charge < -0.3 is 14.5 Å². The molecule has 2 atom stereocenters. The first-order valence-electron chi connectivity index (χ1n) is 18.6. The molecule has 9 nitrogen and oxygen atoms in total. The van der Waals surface area contributed by atoms with Gasteiger partial charge in [0.1, 0.15) is 18.0 Å². The third kappa shape index (κ3) is 7.20. The van der Waals surface area contributed by atoms with Crippen molar-refractivity contribution in [1.29, 1.82) is 0 Å². The molecule has 2 fully saturated rings. The van der Waals surface area contributed by atoms with Crippen molar-refractivity contribution in [3.8, 4) is 22.4 Å². The second kappa shape index (κ2) is 14.4. The molecule has 0 spiro atoms. The Labute approximate surface area is 310 Å². The van der Waals surface area contributed by atoms with Crippen molar-refractivity contribution < 1.29 is 19.1 Å². The fraction of sp³-hybridized carbons (Fsp3) is 0.318. The zero-order valence-corrected chi connectivity index (χ0v) is 30.5. The molecule has 8 rings (SSSR count). The third-order valence-corrected chi connectivity index (χ3v) is 10.4. The van der Waals surface area contributed by atoms with Crippen LogP contribution < -0.4 is 0 Å². The van der Waals surface area contributed by atoms with Crippen LogP contribution in [0.5, 0.6) is 0 Å². The van der Waals surface area contributed by atoms with Crippen LogP contribution in [0.25, 0.3) is 38.7 Å². The molecule has 0 radical (unpaired) electrons. The Morgan fingerprint density at radius 3 is 2.15 bits per heavy atom. The molecule has 270 valence electrons. The molecule has 1 N–H and O–H groups in total. The molecule has 2 saturated heterocycles. The second-order valence-corrected chi connectivity index (χ2v) is 15.1. The highest BCUT2D eigenvalue weighted by Gasteiger charge is 2.36. The molecular weight excluding hydrogens is 663 g/mol. The fourth-order valence-electron chi connectivity index (χ4n) is 7.84. The molecule has 2 amide bonds. The quantitative estimate of drug-likeness (QED) is 0.182. The lowest BCUT2D eigenvalue weighted by molar-refractivity contribution is 0.0218. The minimum Gasteiger partial charge on any atom is -0.445 e. The standard InChI is InChI=1S/C44H45N5O4/c1-44(2,3)53-43(51)49-24-10-16-40(49)41-46-27-38(47-41)36-22-21-33(34-13-7-8-14-35(34)36)31-19-17-30(18-20-31)32-25-37(45-26-32)39-15-9-23-48(39)42(50)52-28-29-11-5-4-6-12-29/h4-8,11-14,17-22,26-27,39-40H,9-10,15-16,23-25,28H2,1-3H3,(H,46,47)/t39-,40-/m0/s1. The number of H-pyrrole nitrogens is 1. The van der Waals surface area contributed by atoms with E-state index in [0.29, 0.717) is 19.5 Å². The maximum atomic E-state index is 13.0. The van der Waals surface area contributed by atoms with Gasteiger partial charge in [-0.05, 0) is 85.1 Å². The number of nitrogens with zero attached hydrogens (tertiary/aromatic N) is 4. The summed E-state index contributed by atoms with van der Waals surface area (Å²) < 4.78 is 11.4. The molecule has 0 unspecified atom stereocenters. The number of allylic oxidation sites excluding steroid dienone is 1. The Morgan fingerprint density at radius 1 is 0.774 bits per heavy atom. The summed E-state index contributed by atoms with van der Waals surface area (Å²) in [4.78, 5) is 42.8. The van der Waals surface area contributed by atoms with Crippen LogP contribution in [0.2, 0.25) is 0 Å². The van der Waals surface area contributed by atoms with Crippen LogP contribution in [0, 0.1) is 0 Å². The Bertz CT molecular complexity index is 2200. The van der Waals surface area contributed by atoms with Gasteiger partial charge in [-0.3, -0.25) is 14.8 Å². The monoisotopic (exact) mass is 707 g/mol. The predicted molar refractivity (Wildman–Crippen MR) is 208 cm³/mol. The third-order valence-electron chi connectivity index (χ3n) is 10.4. The van der Waals surface area contributed by atoms with E-state index in [1.54, 1.807) is 4.90 Å². The van der Waals surface area contributed by atoms with E-state index in [0.717, 1.165) is 87.1 Å². The number of aliphatic imine (C=N–C) groups is 1. The number of benzene rings is 4. The maximum absolute atomic E-state index is 13.0. The second-order valence-electron chi connectivity index (χ2n) is 15.1. The number of amides is 2. The summed E-state index contributed by atoms with van der Waals surface area (Å²) in [6.45, 7) is 7.28. The van der Waals surface area contributed by atoms with Crippen LogP contribution in [0.1, 0.15) is 75.9 Å². The van der Waals surface area contributed by atoms with Gasteiger partial charge >= 0.3 is 12.2 Å². The van der Waals surface area contributed by atoms with E-state index in [9.17, 15) is 9.59 Å². The first-order chi connectivity index (χ1) is 25.7.